The lowest BCUT2D eigenvalue weighted by molar-refractivity contribution is -0.294. The van der Waals surface area contributed by atoms with Crippen LogP contribution in [0.3, 0.4) is 0 Å². The molecular formula is C17H18O9. The fraction of sp³-hybridized carbons (Fsp3) is 0.412. The largest absolute Gasteiger partial charge is 0.507 e. The highest BCUT2D eigenvalue weighted by Crippen LogP contribution is 2.30. The summed E-state index contributed by atoms with van der Waals surface area (Å²) >= 11 is 0. The summed E-state index contributed by atoms with van der Waals surface area (Å²) in [6.07, 6.45) is -5.81. The maximum absolute atomic E-state index is 12.5. The van der Waals surface area contributed by atoms with Gasteiger partial charge in [-0.15, -0.1) is 0 Å². The SMILES string of the molecule is CO[C@H]1O[C@H](COC2=CC(=O)c3cccc(O)c3C2=O)[C@@H](O)[C@H](O)[C@H]1O. The standard InChI is InChI=1S/C17H18O9/c1-24-17-16(23)15(22)14(21)11(26-17)6-25-10-5-9(19)7-3-2-4-8(18)12(7)13(10)20/h2-5,11,14-18,21-23H,6H2,1H3/t11-,14-,15+,16-,17+/m1/s1. The number of aliphatic hydroxyl groups excluding tert-OH is 3. The summed E-state index contributed by atoms with van der Waals surface area (Å²) < 4.78 is 15.5. The van der Waals surface area contributed by atoms with Gasteiger partial charge in [-0.2, -0.15) is 0 Å². The Balaban J connectivity index is 1.75. The molecule has 5 atom stereocenters. The average molecular weight is 366 g/mol. The molecule has 0 unspecified atom stereocenters. The molecule has 1 aromatic rings. The predicted octanol–water partition coefficient (Wildman–Crippen LogP) is -0.874. The van der Waals surface area contributed by atoms with E-state index in [4.69, 9.17) is 14.2 Å². The first-order valence-electron chi connectivity index (χ1n) is 7.83. The number of phenolic OH excluding ortho intramolecular Hbond substituents is 1. The molecule has 0 amide bonds. The Kier molecular flexibility index (Phi) is 5.08. The van der Waals surface area contributed by atoms with Crippen molar-refractivity contribution < 1.29 is 44.2 Å². The Labute approximate surface area is 148 Å². The zero-order chi connectivity index (χ0) is 19.0. The first-order chi connectivity index (χ1) is 12.3. The number of aliphatic hydroxyl groups is 3. The molecule has 3 rings (SSSR count). The van der Waals surface area contributed by atoms with E-state index in [1.165, 1.54) is 25.3 Å². The van der Waals surface area contributed by atoms with Gasteiger partial charge in [-0.1, -0.05) is 12.1 Å². The molecule has 0 radical (unpaired) electrons. The van der Waals surface area contributed by atoms with Crippen LogP contribution in [0.15, 0.2) is 30.0 Å². The number of aromatic hydroxyl groups is 1. The minimum atomic E-state index is -1.54. The number of carbonyl (C=O) groups is 2. The number of fused-ring (bicyclic) bond motifs is 1. The van der Waals surface area contributed by atoms with Gasteiger partial charge in [0.2, 0.25) is 5.78 Å². The van der Waals surface area contributed by atoms with Gasteiger partial charge in [0.25, 0.3) is 0 Å². The summed E-state index contributed by atoms with van der Waals surface area (Å²) in [5.74, 6) is -1.87. The van der Waals surface area contributed by atoms with E-state index in [0.717, 1.165) is 6.08 Å². The van der Waals surface area contributed by atoms with Crippen molar-refractivity contribution in [2.24, 2.45) is 0 Å². The van der Waals surface area contributed by atoms with Crippen LogP contribution in [-0.2, 0) is 14.2 Å². The van der Waals surface area contributed by atoms with Crippen molar-refractivity contribution in [1.82, 2.24) is 0 Å². The molecule has 1 fully saturated rings. The van der Waals surface area contributed by atoms with Gasteiger partial charge in [-0.05, 0) is 6.07 Å². The number of carbonyl (C=O) groups excluding carboxylic acids is 2. The van der Waals surface area contributed by atoms with Crippen LogP contribution >= 0.6 is 0 Å². The number of hydrogen-bond donors (Lipinski definition) is 4. The number of rotatable bonds is 4. The number of benzene rings is 1. The molecule has 2 aliphatic rings. The zero-order valence-electron chi connectivity index (χ0n) is 13.7. The lowest BCUT2D eigenvalue weighted by Crippen LogP contribution is -2.59. The normalized spacial score (nSPS) is 31.4. The van der Waals surface area contributed by atoms with E-state index in [1.807, 2.05) is 0 Å². The fourth-order valence-electron chi connectivity index (χ4n) is 2.90. The van der Waals surface area contributed by atoms with E-state index < -0.39 is 48.9 Å². The maximum atomic E-state index is 12.5. The smallest absolute Gasteiger partial charge is 0.232 e. The van der Waals surface area contributed by atoms with Crippen LogP contribution < -0.4 is 0 Å². The second-order valence-corrected chi connectivity index (χ2v) is 5.96. The first kappa shape index (κ1) is 18.5. The fourth-order valence-corrected chi connectivity index (χ4v) is 2.90. The summed E-state index contributed by atoms with van der Waals surface area (Å²) in [5, 5.41) is 39.4. The van der Waals surface area contributed by atoms with E-state index in [-0.39, 0.29) is 22.6 Å². The second kappa shape index (κ2) is 7.14. The van der Waals surface area contributed by atoms with Gasteiger partial charge in [0.1, 0.15) is 36.8 Å². The summed E-state index contributed by atoms with van der Waals surface area (Å²) in [6.45, 7) is -0.390. The number of hydrogen-bond acceptors (Lipinski definition) is 9. The number of methoxy groups -OCH3 is 1. The van der Waals surface area contributed by atoms with Gasteiger partial charge in [-0.3, -0.25) is 9.59 Å². The molecule has 1 aliphatic heterocycles. The van der Waals surface area contributed by atoms with Gasteiger partial charge in [0.15, 0.2) is 17.8 Å². The molecule has 0 bridgehead atoms. The molecule has 9 nitrogen and oxygen atoms in total. The van der Waals surface area contributed by atoms with Crippen LogP contribution in [0, 0.1) is 0 Å². The zero-order valence-corrected chi connectivity index (χ0v) is 13.7. The molecule has 26 heavy (non-hydrogen) atoms. The summed E-state index contributed by atoms with van der Waals surface area (Å²) in [5.41, 5.74) is -0.0976. The molecule has 1 aromatic carbocycles. The number of Topliss-reactive ketones (excluding diaryl/α,β-unsaturated/α-hetero) is 1. The molecular weight excluding hydrogens is 348 g/mol. The molecule has 9 heteroatoms. The Morgan fingerprint density at radius 1 is 1.12 bits per heavy atom. The molecule has 0 spiro atoms. The van der Waals surface area contributed by atoms with Gasteiger partial charge in [-0.25, -0.2) is 0 Å². The van der Waals surface area contributed by atoms with Crippen molar-refractivity contribution >= 4 is 11.6 Å². The third-order valence-electron chi connectivity index (χ3n) is 4.32. The molecule has 0 saturated carbocycles. The van der Waals surface area contributed by atoms with Crippen molar-refractivity contribution in [2.75, 3.05) is 13.7 Å². The molecule has 140 valence electrons. The van der Waals surface area contributed by atoms with Crippen LogP contribution in [0.25, 0.3) is 0 Å². The Morgan fingerprint density at radius 2 is 1.85 bits per heavy atom. The second-order valence-electron chi connectivity index (χ2n) is 5.96. The highest BCUT2D eigenvalue weighted by Gasteiger charge is 2.44. The van der Waals surface area contributed by atoms with Crippen LogP contribution in [0.1, 0.15) is 20.7 Å². The monoisotopic (exact) mass is 366 g/mol. The summed E-state index contributed by atoms with van der Waals surface area (Å²) in [4.78, 5) is 24.6. The van der Waals surface area contributed by atoms with Crippen LogP contribution in [0.5, 0.6) is 5.75 Å². The quantitative estimate of drug-likeness (QED) is 0.534. The van der Waals surface area contributed by atoms with E-state index >= 15 is 0 Å². The Morgan fingerprint density at radius 3 is 2.54 bits per heavy atom. The minimum absolute atomic E-state index is 0.0642. The van der Waals surface area contributed by atoms with E-state index in [0.29, 0.717) is 0 Å². The predicted molar refractivity (Wildman–Crippen MR) is 84.5 cm³/mol. The Bertz CT molecular complexity index is 755. The van der Waals surface area contributed by atoms with Crippen molar-refractivity contribution in [3.8, 4) is 5.75 Å². The van der Waals surface area contributed by atoms with Crippen LogP contribution in [-0.4, -0.2) is 76.4 Å². The van der Waals surface area contributed by atoms with E-state index in [1.54, 1.807) is 0 Å². The van der Waals surface area contributed by atoms with Crippen molar-refractivity contribution in [1.29, 1.82) is 0 Å². The third-order valence-corrected chi connectivity index (χ3v) is 4.32. The first-order valence-corrected chi connectivity index (χ1v) is 7.83. The Hall–Kier alpha value is -2.30. The highest BCUT2D eigenvalue weighted by molar-refractivity contribution is 6.24. The van der Waals surface area contributed by atoms with Crippen molar-refractivity contribution in [3.63, 3.8) is 0 Å². The van der Waals surface area contributed by atoms with Gasteiger partial charge in [0.05, 0.1) is 5.56 Å². The molecule has 1 saturated heterocycles. The number of ether oxygens (including phenoxy) is 3. The molecule has 1 heterocycles. The molecule has 0 aromatic heterocycles. The number of allylic oxidation sites excluding steroid dienone is 2. The minimum Gasteiger partial charge on any atom is -0.507 e. The maximum Gasteiger partial charge on any atom is 0.232 e. The topological polar surface area (TPSA) is 143 Å². The van der Waals surface area contributed by atoms with Crippen LogP contribution in [0.4, 0.5) is 0 Å². The van der Waals surface area contributed by atoms with E-state index in [9.17, 15) is 30.0 Å². The molecule has 1 aliphatic carbocycles. The van der Waals surface area contributed by atoms with Crippen LogP contribution in [0.2, 0.25) is 0 Å². The van der Waals surface area contributed by atoms with Gasteiger partial charge >= 0.3 is 0 Å². The highest BCUT2D eigenvalue weighted by atomic mass is 16.7. The summed E-state index contributed by atoms with van der Waals surface area (Å²) in [7, 11) is 1.25. The molecule has 4 N–H and O–H groups in total. The number of phenols is 1. The lowest BCUT2D eigenvalue weighted by Gasteiger charge is -2.39. The lowest BCUT2D eigenvalue weighted by atomic mass is 9.92. The van der Waals surface area contributed by atoms with E-state index in [2.05, 4.69) is 0 Å². The third kappa shape index (κ3) is 3.11. The van der Waals surface area contributed by atoms with Crippen molar-refractivity contribution in [2.45, 2.75) is 30.7 Å². The average Bonchev–Trinajstić information content (AvgIpc) is 2.63. The van der Waals surface area contributed by atoms with Gasteiger partial charge in [0, 0.05) is 18.7 Å². The van der Waals surface area contributed by atoms with Gasteiger partial charge < -0.3 is 34.6 Å². The number of ketones is 2. The summed E-state index contributed by atoms with van der Waals surface area (Å²) in [6, 6.07) is 4.14. The van der Waals surface area contributed by atoms with Crippen molar-refractivity contribution in [3.05, 3.63) is 41.2 Å².